The number of hydrogen-bond acceptors (Lipinski definition) is 2. The number of nitrogens with zero attached hydrogens (tertiary/aromatic N) is 3. The predicted molar refractivity (Wildman–Crippen MR) is 76.2 cm³/mol. The van der Waals surface area contributed by atoms with Crippen LogP contribution in [-0.2, 0) is 5.41 Å². The maximum absolute atomic E-state index is 4.88. The molecule has 1 aromatic heterocycles. The number of aromatic nitrogens is 2. The Bertz CT molecular complexity index is 412. The molecule has 0 saturated carbocycles. The monoisotopic (exact) mass is 249 g/mol. The fraction of sp³-hybridized carbons (Fsp3) is 0.800. The minimum atomic E-state index is 0.168. The van der Waals surface area contributed by atoms with Crippen LogP contribution in [0.1, 0.15) is 64.4 Å². The van der Waals surface area contributed by atoms with Gasteiger partial charge >= 0.3 is 0 Å². The van der Waals surface area contributed by atoms with E-state index >= 15 is 0 Å². The van der Waals surface area contributed by atoms with Crippen molar-refractivity contribution in [2.24, 2.45) is 0 Å². The van der Waals surface area contributed by atoms with Gasteiger partial charge in [0.15, 0.2) is 0 Å². The Labute approximate surface area is 111 Å². The Morgan fingerprint density at radius 3 is 2.44 bits per heavy atom. The van der Waals surface area contributed by atoms with Crippen LogP contribution in [0.2, 0.25) is 0 Å². The normalized spacial score (nSPS) is 22.1. The Balaban J connectivity index is 2.38. The van der Waals surface area contributed by atoms with Crippen molar-refractivity contribution in [1.29, 1.82) is 0 Å². The van der Waals surface area contributed by atoms with Crippen molar-refractivity contribution < 1.29 is 0 Å². The summed E-state index contributed by atoms with van der Waals surface area (Å²) in [6, 6.07) is 2.86. The van der Waals surface area contributed by atoms with E-state index in [9.17, 15) is 0 Å². The lowest BCUT2D eigenvalue weighted by molar-refractivity contribution is 0.365. The topological polar surface area (TPSA) is 21.1 Å². The van der Waals surface area contributed by atoms with E-state index in [0.717, 1.165) is 6.54 Å². The largest absolute Gasteiger partial charge is 0.304 e. The van der Waals surface area contributed by atoms with Crippen LogP contribution >= 0.6 is 0 Å². The first kappa shape index (κ1) is 13.6. The van der Waals surface area contributed by atoms with Crippen molar-refractivity contribution in [1.82, 2.24) is 14.7 Å². The highest BCUT2D eigenvalue weighted by Crippen LogP contribution is 2.31. The SMILES string of the molecule is CC(C)c1cc(C(C)(C)C)n(C2CCN(C)C2)n1. The third-order valence-electron chi connectivity index (χ3n) is 3.83. The molecular weight excluding hydrogens is 222 g/mol. The third kappa shape index (κ3) is 2.61. The van der Waals surface area contributed by atoms with Crippen molar-refractivity contribution in [2.45, 2.75) is 58.4 Å². The molecule has 102 valence electrons. The summed E-state index contributed by atoms with van der Waals surface area (Å²) >= 11 is 0. The number of rotatable bonds is 2. The van der Waals surface area contributed by atoms with Crippen LogP contribution in [-0.4, -0.2) is 34.8 Å². The molecule has 1 unspecified atom stereocenters. The molecule has 1 aliphatic heterocycles. The van der Waals surface area contributed by atoms with Crippen LogP contribution in [0.25, 0.3) is 0 Å². The zero-order valence-corrected chi connectivity index (χ0v) is 12.7. The molecule has 18 heavy (non-hydrogen) atoms. The van der Waals surface area contributed by atoms with E-state index in [0.29, 0.717) is 12.0 Å². The van der Waals surface area contributed by atoms with E-state index in [1.807, 2.05) is 0 Å². The van der Waals surface area contributed by atoms with Gasteiger partial charge in [0, 0.05) is 17.7 Å². The van der Waals surface area contributed by atoms with Gasteiger partial charge < -0.3 is 4.90 Å². The zero-order chi connectivity index (χ0) is 13.5. The van der Waals surface area contributed by atoms with Crippen LogP contribution in [0.15, 0.2) is 6.07 Å². The quantitative estimate of drug-likeness (QED) is 0.802. The molecule has 0 N–H and O–H groups in total. The molecule has 0 radical (unpaired) electrons. The first-order valence-electron chi connectivity index (χ1n) is 7.07. The molecule has 3 nitrogen and oxygen atoms in total. The zero-order valence-electron chi connectivity index (χ0n) is 12.7. The van der Waals surface area contributed by atoms with Gasteiger partial charge in [0.25, 0.3) is 0 Å². The Hall–Kier alpha value is -0.830. The van der Waals surface area contributed by atoms with Gasteiger partial charge in [-0.2, -0.15) is 5.10 Å². The fourth-order valence-corrected chi connectivity index (χ4v) is 2.65. The summed E-state index contributed by atoms with van der Waals surface area (Å²) in [6.45, 7) is 13.6. The Kier molecular flexibility index (Phi) is 3.54. The number of hydrogen-bond donors (Lipinski definition) is 0. The molecule has 0 spiro atoms. The Morgan fingerprint density at radius 1 is 1.33 bits per heavy atom. The van der Waals surface area contributed by atoms with Crippen molar-refractivity contribution in [3.63, 3.8) is 0 Å². The van der Waals surface area contributed by atoms with Gasteiger partial charge in [-0.1, -0.05) is 34.6 Å². The molecule has 1 aliphatic rings. The van der Waals surface area contributed by atoms with Crippen LogP contribution in [0, 0.1) is 0 Å². The lowest BCUT2D eigenvalue weighted by Crippen LogP contribution is -2.24. The van der Waals surface area contributed by atoms with E-state index in [2.05, 4.69) is 57.3 Å². The molecule has 0 bridgehead atoms. The third-order valence-corrected chi connectivity index (χ3v) is 3.83. The molecule has 1 atom stereocenters. The van der Waals surface area contributed by atoms with Crippen LogP contribution in [0.4, 0.5) is 0 Å². The number of likely N-dealkylation sites (N-methyl/N-ethyl adjacent to an activating group) is 1. The first-order valence-corrected chi connectivity index (χ1v) is 7.07. The predicted octanol–water partition coefficient (Wildman–Crippen LogP) is 3.18. The summed E-state index contributed by atoms with van der Waals surface area (Å²) < 4.78 is 2.30. The van der Waals surface area contributed by atoms with Crippen molar-refractivity contribution in [2.75, 3.05) is 20.1 Å². The highest BCUT2D eigenvalue weighted by molar-refractivity contribution is 5.21. The van der Waals surface area contributed by atoms with E-state index in [1.54, 1.807) is 0 Å². The van der Waals surface area contributed by atoms with E-state index in [1.165, 1.54) is 24.4 Å². The summed E-state index contributed by atoms with van der Waals surface area (Å²) in [7, 11) is 2.20. The highest BCUT2D eigenvalue weighted by Gasteiger charge is 2.29. The second-order valence-corrected chi connectivity index (χ2v) is 7.01. The summed E-state index contributed by atoms with van der Waals surface area (Å²) in [5.74, 6) is 0.506. The smallest absolute Gasteiger partial charge is 0.0661 e. The van der Waals surface area contributed by atoms with Crippen LogP contribution < -0.4 is 0 Å². The molecular formula is C15H27N3. The lowest BCUT2D eigenvalue weighted by atomic mass is 9.91. The van der Waals surface area contributed by atoms with Crippen LogP contribution in [0.3, 0.4) is 0 Å². The second kappa shape index (κ2) is 4.69. The van der Waals surface area contributed by atoms with Crippen molar-refractivity contribution in [3.8, 4) is 0 Å². The molecule has 0 aromatic carbocycles. The molecule has 1 saturated heterocycles. The average molecular weight is 249 g/mol. The van der Waals surface area contributed by atoms with Gasteiger partial charge in [0.05, 0.1) is 11.7 Å². The summed E-state index contributed by atoms with van der Waals surface area (Å²) in [5, 5.41) is 4.88. The minimum Gasteiger partial charge on any atom is -0.304 e. The van der Waals surface area contributed by atoms with Crippen LogP contribution in [0.5, 0.6) is 0 Å². The van der Waals surface area contributed by atoms with Gasteiger partial charge in [-0.25, -0.2) is 0 Å². The molecule has 0 aliphatic carbocycles. The van der Waals surface area contributed by atoms with Gasteiger partial charge in [-0.3, -0.25) is 4.68 Å². The molecule has 2 heterocycles. The highest BCUT2D eigenvalue weighted by atomic mass is 15.3. The van der Waals surface area contributed by atoms with E-state index < -0.39 is 0 Å². The molecule has 3 heteroatoms. The average Bonchev–Trinajstić information content (AvgIpc) is 2.81. The maximum atomic E-state index is 4.88. The standard InChI is InChI=1S/C15H27N3/c1-11(2)13-9-14(15(3,4)5)18(16-13)12-7-8-17(6)10-12/h9,11-12H,7-8,10H2,1-6H3. The fourth-order valence-electron chi connectivity index (χ4n) is 2.65. The van der Waals surface area contributed by atoms with E-state index in [4.69, 9.17) is 5.10 Å². The van der Waals surface area contributed by atoms with Gasteiger partial charge in [0.2, 0.25) is 0 Å². The first-order chi connectivity index (χ1) is 8.29. The summed E-state index contributed by atoms with van der Waals surface area (Å²) in [6.07, 6.45) is 1.22. The van der Waals surface area contributed by atoms with E-state index in [-0.39, 0.29) is 5.41 Å². The molecule has 1 aromatic rings. The number of likely N-dealkylation sites (tertiary alicyclic amines) is 1. The van der Waals surface area contributed by atoms with Crippen molar-refractivity contribution in [3.05, 3.63) is 17.5 Å². The summed E-state index contributed by atoms with van der Waals surface area (Å²) in [5.41, 5.74) is 2.78. The molecule has 1 fully saturated rings. The lowest BCUT2D eigenvalue weighted by Gasteiger charge is -2.23. The van der Waals surface area contributed by atoms with Gasteiger partial charge in [-0.05, 0) is 32.0 Å². The molecule has 2 rings (SSSR count). The summed E-state index contributed by atoms with van der Waals surface area (Å²) in [4.78, 5) is 2.40. The van der Waals surface area contributed by atoms with Crippen molar-refractivity contribution >= 4 is 0 Å². The van der Waals surface area contributed by atoms with Gasteiger partial charge in [0.1, 0.15) is 0 Å². The Morgan fingerprint density at radius 2 is 2.00 bits per heavy atom. The minimum absolute atomic E-state index is 0.168. The maximum Gasteiger partial charge on any atom is 0.0661 e. The van der Waals surface area contributed by atoms with Gasteiger partial charge in [-0.15, -0.1) is 0 Å². The molecule has 0 amide bonds. The second-order valence-electron chi connectivity index (χ2n) is 7.01.